The van der Waals surface area contributed by atoms with Crippen LogP contribution in [0.1, 0.15) is 26.7 Å². The van der Waals surface area contributed by atoms with Gasteiger partial charge in [-0.2, -0.15) is 0 Å². The Morgan fingerprint density at radius 3 is 2.54 bits per heavy atom. The highest BCUT2D eigenvalue weighted by Crippen LogP contribution is 2.22. The summed E-state index contributed by atoms with van der Waals surface area (Å²) in [6, 6.07) is 7.77. The molecule has 0 aliphatic carbocycles. The predicted octanol–water partition coefficient (Wildman–Crippen LogP) is 2.60. The van der Waals surface area contributed by atoms with Crippen LogP contribution in [-0.4, -0.2) is 50.6 Å². The van der Waals surface area contributed by atoms with E-state index in [0.29, 0.717) is 6.54 Å². The average Bonchev–Trinajstić information content (AvgIpc) is 3.06. The SMILES string of the molecule is C[C@@H]1CN(c2ccc(NC(=O)NC[C@@H]3CCCO3)cc2)C[C@H](C)O1. The summed E-state index contributed by atoms with van der Waals surface area (Å²) in [6.07, 6.45) is 2.72. The molecule has 1 aromatic rings. The van der Waals surface area contributed by atoms with Gasteiger partial charge in [-0.15, -0.1) is 0 Å². The third-order valence-corrected chi connectivity index (χ3v) is 4.42. The van der Waals surface area contributed by atoms with Gasteiger partial charge < -0.3 is 25.0 Å². The van der Waals surface area contributed by atoms with E-state index < -0.39 is 0 Å². The molecule has 0 radical (unpaired) electrons. The largest absolute Gasteiger partial charge is 0.376 e. The van der Waals surface area contributed by atoms with Crippen LogP contribution in [0.4, 0.5) is 16.2 Å². The molecule has 0 spiro atoms. The maximum absolute atomic E-state index is 11.9. The summed E-state index contributed by atoms with van der Waals surface area (Å²) in [5.74, 6) is 0. The quantitative estimate of drug-likeness (QED) is 0.889. The number of benzene rings is 1. The van der Waals surface area contributed by atoms with Gasteiger partial charge in [0.25, 0.3) is 0 Å². The summed E-state index contributed by atoms with van der Waals surface area (Å²) in [5, 5.41) is 5.73. The summed E-state index contributed by atoms with van der Waals surface area (Å²) < 4.78 is 11.3. The van der Waals surface area contributed by atoms with E-state index in [1.165, 1.54) is 0 Å². The number of morpholine rings is 1. The van der Waals surface area contributed by atoms with Crippen LogP contribution in [0.25, 0.3) is 0 Å². The van der Waals surface area contributed by atoms with Crippen molar-refractivity contribution in [2.45, 2.75) is 45.0 Å². The first-order valence-electron chi connectivity index (χ1n) is 8.77. The molecule has 1 aromatic carbocycles. The maximum Gasteiger partial charge on any atom is 0.319 e. The fourth-order valence-electron chi connectivity index (χ4n) is 3.33. The molecule has 3 rings (SSSR count). The van der Waals surface area contributed by atoms with E-state index >= 15 is 0 Å². The second kappa shape index (κ2) is 7.85. The molecule has 24 heavy (non-hydrogen) atoms. The van der Waals surface area contributed by atoms with Gasteiger partial charge in [-0.05, 0) is 51.0 Å². The van der Waals surface area contributed by atoms with Gasteiger partial charge in [-0.1, -0.05) is 0 Å². The molecule has 0 bridgehead atoms. The molecule has 2 amide bonds. The number of nitrogens with zero attached hydrogens (tertiary/aromatic N) is 1. The molecule has 6 nitrogen and oxygen atoms in total. The Morgan fingerprint density at radius 2 is 1.92 bits per heavy atom. The first-order chi connectivity index (χ1) is 11.6. The van der Waals surface area contributed by atoms with Crippen molar-refractivity contribution in [2.24, 2.45) is 0 Å². The normalized spacial score (nSPS) is 27.1. The molecular weight excluding hydrogens is 306 g/mol. The van der Waals surface area contributed by atoms with Gasteiger partial charge >= 0.3 is 6.03 Å². The number of hydrogen-bond acceptors (Lipinski definition) is 4. The number of anilines is 2. The zero-order valence-corrected chi connectivity index (χ0v) is 14.5. The average molecular weight is 333 g/mol. The van der Waals surface area contributed by atoms with Crippen LogP contribution in [0.3, 0.4) is 0 Å². The molecule has 2 saturated heterocycles. The van der Waals surface area contributed by atoms with Gasteiger partial charge in [0, 0.05) is 37.6 Å². The van der Waals surface area contributed by atoms with E-state index in [0.717, 1.165) is 43.9 Å². The zero-order valence-electron chi connectivity index (χ0n) is 14.5. The van der Waals surface area contributed by atoms with Crippen LogP contribution in [0, 0.1) is 0 Å². The van der Waals surface area contributed by atoms with Crippen molar-refractivity contribution in [3.63, 3.8) is 0 Å². The van der Waals surface area contributed by atoms with Crippen LogP contribution in [0.5, 0.6) is 0 Å². The minimum Gasteiger partial charge on any atom is -0.376 e. The van der Waals surface area contributed by atoms with E-state index in [1.54, 1.807) is 0 Å². The van der Waals surface area contributed by atoms with Crippen LogP contribution >= 0.6 is 0 Å². The third kappa shape index (κ3) is 4.61. The second-order valence-electron chi connectivity index (χ2n) is 6.68. The fourth-order valence-corrected chi connectivity index (χ4v) is 3.33. The number of rotatable bonds is 4. The van der Waals surface area contributed by atoms with Gasteiger partial charge in [0.2, 0.25) is 0 Å². The standard InChI is InChI=1S/C18H27N3O3/c1-13-11-21(12-14(2)24-13)16-7-5-15(6-8-16)20-18(22)19-10-17-4-3-9-23-17/h5-8,13-14,17H,3-4,9-12H2,1-2H3,(H2,19,20,22)/t13-,14+,17-/m0/s1. The molecule has 0 unspecified atom stereocenters. The lowest BCUT2D eigenvalue weighted by Gasteiger charge is -2.36. The van der Waals surface area contributed by atoms with E-state index in [9.17, 15) is 4.79 Å². The van der Waals surface area contributed by atoms with E-state index in [1.807, 2.05) is 24.3 Å². The maximum atomic E-state index is 11.9. The number of nitrogens with one attached hydrogen (secondary N) is 2. The number of hydrogen-bond donors (Lipinski definition) is 2. The third-order valence-electron chi connectivity index (χ3n) is 4.42. The van der Waals surface area contributed by atoms with Crippen molar-refractivity contribution in [1.29, 1.82) is 0 Å². The minimum atomic E-state index is -0.188. The molecule has 2 N–H and O–H groups in total. The smallest absolute Gasteiger partial charge is 0.319 e. The topological polar surface area (TPSA) is 62.8 Å². The number of carbonyl (C=O) groups is 1. The summed E-state index contributed by atoms with van der Waals surface area (Å²) >= 11 is 0. The fraction of sp³-hybridized carbons (Fsp3) is 0.611. The molecule has 3 atom stereocenters. The summed E-state index contributed by atoms with van der Waals surface area (Å²) in [4.78, 5) is 14.3. The second-order valence-corrected chi connectivity index (χ2v) is 6.68. The van der Waals surface area contributed by atoms with Crippen molar-refractivity contribution in [2.75, 3.05) is 36.5 Å². The number of urea groups is 1. The van der Waals surface area contributed by atoms with E-state index in [-0.39, 0.29) is 24.3 Å². The highest BCUT2D eigenvalue weighted by molar-refractivity contribution is 5.89. The monoisotopic (exact) mass is 333 g/mol. The lowest BCUT2D eigenvalue weighted by Crippen LogP contribution is -2.45. The van der Waals surface area contributed by atoms with Crippen LogP contribution in [0.15, 0.2) is 24.3 Å². The molecule has 0 aromatic heterocycles. The zero-order chi connectivity index (χ0) is 16.9. The molecule has 0 saturated carbocycles. The van der Waals surface area contributed by atoms with Gasteiger partial charge in [-0.3, -0.25) is 0 Å². The van der Waals surface area contributed by atoms with Crippen molar-refractivity contribution in [1.82, 2.24) is 5.32 Å². The summed E-state index contributed by atoms with van der Waals surface area (Å²) in [6.45, 7) is 7.33. The van der Waals surface area contributed by atoms with Gasteiger partial charge in [0.15, 0.2) is 0 Å². The Hall–Kier alpha value is -1.79. The number of amides is 2. The summed E-state index contributed by atoms with van der Waals surface area (Å²) in [7, 11) is 0. The molecule has 2 fully saturated rings. The van der Waals surface area contributed by atoms with Crippen molar-refractivity contribution < 1.29 is 14.3 Å². The summed E-state index contributed by atoms with van der Waals surface area (Å²) in [5.41, 5.74) is 1.94. The number of ether oxygens (including phenoxy) is 2. The highest BCUT2D eigenvalue weighted by atomic mass is 16.5. The van der Waals surface area contributed by atoms with Gasteiger partial charge in [0.1, 0.15) is 0 Å². The van der Waals surface area contributed by atoms with Gasteiger partial charge in [0.05, 0.1) is 18.3 Å². The van der Waals surface area contributed by atoms with Crippen molar-refractivity contribution in [3.8, 4) is 0 Å². The number of carbonyl (C=O) groups excluding carboxylic acids is 1. The highest BCUT2D eigenvalue weighted by Gasteiger charge is 2.22. The Kier molecular flexibility index (Phi) is 5.58. The van der Waals surface area contributed by atoms with E-state index in [2.05, 4.69) is 29.4 Å². The Morgan fingerprint density at radius 1 is 1.21 bits per heavy atom. The molecule has 2 aliphatic heterocycles. The first kappa shape index (κ1) is 17.0. The molecule has 132 valence electrons. The molecule has 2 heterocycles. The predicted molar refractivity (Wildman–Crippen MR) is 94.7 cm³/mol. The van der Waals surface area contributed by atoms with E-state index in [4.69, 9.17) is 9.47 Å². The van der Waals surface area contributed by atoms with Crippen molar-refractivity contribution in [3.05, 3.63) is 24.3 Å². The Labute approximate surface area is 143 Å². The van der Waals surface area contributed by atoms with Crippen LogP contribution in [0.2, 0.25) is 0 Å². The Bertz CT molecular complexity index is 533. The lowest BCUT2D eigenvalue weighted by atomic mass is 10.2. The molecular formula is C18H27N3O3. The first-order valence-corrected chi connectivity index (χ1v) is 8.77. The van der Waals surface area contributed by atoms with Crippen molar-refractivity contribution >= 4 is 17.4 Å². The molecule has 2 aliphatic rings. The lowest BCUT2D eigenvalue weighted by molar-refractivity contribution is -0.00521. The van der Waals surface area contributed by atoms with Crippen LogP contribution in [-0.2, 0) is 9.47 Å². The van der Waals surface area contributed by atoms with Gasteiger partial charge in [-0.25, -0.2) is 4.79 Å². The Balaban J connectivity index is 1.49. The minimum absolute atomic E-state index is 0.156. The molecule has 6 heteroatoms. The van der Waals surface area contributed by atoms with Crippen LogP contribution < -0.4 is 15.5 Å².